The van der Waals surface area contributed by atoms with E-state index >= 15 is 0 Å². The highest BCUT2D eigenvalue weighted by Crippen LogP contribution is 2.37. The summed E-state index contributed by atoms with van der Waals surface area (Å²) in [6, 6.07) is 8.27. The van der Waals surface area contributed by atoms with Crippen molar-refractivity contribution in [1.29, 1.82) is 0 Å². The Bertz CT molecular complexity index is 395. The Morgan fingerprint density at radius 1 is 0.944 bits per heavy atom. The average molecular weight is 312 g/mol. The summed E-state index contributed by atoms with van der Waals surface area (Å²) < 4.78 is 13.1. The summed E-state index contributed by atoms with van der Waals surface area (Å²) in [4.78, 5) is 2.34. The highest BCUT2D eigenvalue weighted by atomic mass is 79.9. The lowest BCUT2D eigenvalue weighted by Crippen LogP contribution is -2.49. The highest BCUT2D eigenvalue weighted by Gasteiger charge is 2.44. The molecule has 0 saturated carbocycles. The maximum atomic E-state index is 5.99. The number of piperidine rings is 1. The molecule has 4 heteroatoms. The predicted octanol–water partition coefficient (Wildman–Crippen LogP) is 3.09. The SMILES string of the molecule is Brc1ccc(C2(N3CCCCC3)OCCO2)cc1. The van der Waals surface area contributed by atoms with Crippen molar-refractivity contribution in [2.45, 2.75) is 25.2 Å². The van der Waals surface area contributed by atoms with Gasteiger partial charge in [-0.1, -0.05) is 34.5 Å². The molecule has 0 aliphatic carbocycles. The lowest BCUT2D eigenvalue weighted by molar-refractivity contribution is -0.273. The van der Waals surface area contributed by atoms with Crippen molar-refractivity contribution < 1.29 is 9.47 Å². The van der Waals surface area contributed by atoms with Crippen LogP contribution in [0.25, 0.3) is 0 Å². The maximum absolute atomic E-state index is 5.99. The molecule has 0 amide bonds. The van der Waals surface area contributed by atoms with Crippen LogP contribution < -0.4 is 0 Å². The van der Waals surface area contributed by atoms with Crippen LogP contribution in [0.3, 0.4) is 0 Å². The lowest BCUT2D eigenvalue weighted by Gasteiger charge is -2.41. The molecule has 18 heavy (non-hydrogen) atoms. The van der Waals surface area contributed by atoms with Crippen LogP contribution in [-0.2, 0) is 15.4 Å². The molecule has 2 aliphatic rings. The van der Waals surface area contributed by atoms with E-state index in [4.69, 9.17) is 9.47 Å². The third-order valence-corrected chi connectivity index (χ3v) is 4.19. The molecule has 2 aliphatic heterocycles. The second kappa shape index (κ2) is 5.29. The van der Waals surface area contributed by atoms with E-state index in [9.17, 15) is 0 Å². The Morgan fingerprint density at radius 2 is 1.56 bits per heavy atom. The molecule has 0 bridgehead atoms. The number of halogens is 1. The normalized spacial score (nSPS) is 24.3. The van der Waals surface area contributed by atoms with Crippen molar-refractivity contribution in [3.05, 3.63) is 34.3 Å². The molecule has 0 radical (unpaired) electrons. The van der Waals surface area contributed by atoms with Gasteiger partial charge in [0.05, 0.1) is 13.2 Å². The first kappa shape index (κ1) is 12.6. The number of nitrogens with zero attached hydrogens (tertiary/aromatic N) is 1. The van der Waals surface area contributed by atoms with Crippen molar-refractivity contribution in [2.24, 2.45) is 0 Å². The molecule has 2 fully saturated rings. The molecular formula is C14H18BrNO2. The molecule has 1 aromatic rings. The van der Waals surface area contributed by atoms with E-state index in [1.165, 1.54) is 19.3 Å². The van der Waals surface area contributed by atoms with Gasteiger partial charge in [0.1, 0.15) is 0 Å². The van der Waals surface area contributed by atoms with Gasteiger partial charge in [-0.15, -0.1) is 0 Å². The van der Waals surface area contributed by atoms with E-state index in [0.29, 0.717) is 13.2 Å². The minimum absolute atomic E-state index is 0.638. The Kier molecular flexibility index (Phi) is 3.71. The van der Waals surface area contributed by atoms with Crippen molar-refractivity contribution in [1.82, 2.24) is 4.90 Å². The van der Waals surface area contributed by atoms with E-state index in [0.717, 1.165) is 23.1 Å². The predicted molar refractivity (Wildman–Crippen MR) is 73.1 cm³/mol. The zero-order valence-corrected chi connectivity index (χ0v) is 12.0. The van der Waals surface area contributed by atoms with E-state index in [-0.39, 0.29) is 0 Å². The Balaban J connectivity index is 1.92. The number of benzene rings is 1. The first-order valence-electron chi connectivity index (χ1n) is 6.60. The summed E-state index contributed by atoms with van der Waals surface area (Å²) in [5.41, 5.74) is 1.10. The molecule has 2 saturated heterocycles. The van der Waals surface area contributed by atoms with Crippen molar-refractivity contribution >= 4 is 15.9 Å². The quantitative estimate of drug-likeness (QED) is 0.838. The van der Waals surface area contributed by atoms with Gasteiger partial charge in [0.15, 0.2) is 0 Å². The summed E-state index contributed by atoms with van der Waals surface area (Å²) in [5, 5.41) is 0. The molecule has 98 valence electrons. The molecule has 3 nitrogen and oxygen atoms in total. The summed E-state index contributed by atoms with van der Waals surface area (Å²) in [6.07, 6.45) is 3.77. The number of likely N-dealkylation sites (tertiary alicyclic amines) is 1. The molecule has 3 rings (SSSR count). The Labute approximate surface area is 116 Å². The van der Waals surface area contributed by atoms with Crippen LogP contribution in [0, 0.1) is 0 Å². The average Bonchev–Trinajstić information content (AvgIpc) is 2.91. The minimum Gasteiger partial charge on any atom is -0.331 e. The fourth-order valence-corrected chi connectivity index (χ4v) is 3.05. The van der Waals surface area contributed by atoms with E-state index in [1.807, 2.05) is 12.1 Å². The molecule has 2 heterocycles. The molecule has 0 aromatic heterocycles. The topological polar surface area (TPSA) is 21.7 Å². The second-order valence-electron chi connectivity index (χ2n) is 4.83. The Hall–Kier alpha value is -0.420. The summed E-state index contributed by atoms with van der Waals surface area (Å²) in [7, 11) is 0. The summed E-state index contributed by atoms with van der Waals surface area (Å²) >= 11 is 3.47. The van der Waals surface area contributed by atoms with E-state index < -0.39 is 5.91 Å². The first-order valence-corrected chi connectivity index (χ1v) is 7.40. The number of hydrogen-bond acceptors (Lipinski definition) is 3. The summed E-state index contributed by atoms with van der Waals surface area (Å²) in [5.74, 6) is -0.638. The van der Waals surface area contributed by atoms with Crippen LogP contribution in [0.1, 0.15) is 24.8 Å². The van der Waals surface area contributed by atoms with Gasteiger partial charge in [-0.05, 0) is 25.0 Å². The van der Waals surface area contributed by atoms with Gasteiger partial charge in [0, 0.05) is 23.1 Å². The molecule has 0 N–H and O–H groups in total. The van der Waals surface area contributed by atoms with Gasteiger partial charge >= 0.3 is 0 Å². The Morgan fingerprint density at radius 3 is 2.17 bits per heavy atom. The van der Waals surface area contributed by atoms with E-state index in [2.05, 4.69) is 33.0 Å². The fraction of sp³-hybridized carbons (Fsp3) is 0.571. The maximum Gasteiger partial charge on any atom is 0.258 e. The number of hydrogen-bond donors (Lipinski definition) is 0. The van der Waals surface area contributed by atoms with Gasteiger partial charge in [-0.2, -0.15) is 0 Å². The third-order valence-electron chi connectivity index (χ3n) is 3.66. The van der Waals surface area contributed by atoms with E-state index in [1.54, 1.807) is 0 Å². The van der Waals surface area contributed by atoms with Crippen molar-refractivity contribution in [3.63, 3.8) is 0 Å². The number of rotatable bonds is 2. The van der Waals surface area contributed by atoms with Crippen LogP contribution in [-0.4, -0.2) is 31.2 Å². The van der Waals surface area contributed by atoms with Crippen LogP contribution in [0.5, 0.6) is 0 Å². The van der Waals surface area contributed by atoms with Crippen LogP contribution in [0.2, 0.25) is 0 Å². The van der Waals surface area contributed by atoms with Crippen molar-refractivity contribution in [2.75, 3.05) is 26.3 Å². The zero-order chi connectivity index (χ0) is 12.4. The van der Waals surface area contributed by atoms with Gasteiger partial charge < -0.3 is 9.47 Å². The zero-order valence-electron chi connectivity index (χ0n) is 10.4. The summed E-state index contributed by atoms with van der Waals surface area (Å²) in [6.45, 7) is 3.45. The smallest absolute Gasteiger partial charge is 0.258 e. The second-order valence-corrected chi connectivity index (χ2v) is 5.75. The molecule has 0 atom stereocenters. The standard InChI is InChI=1S/C14H18BrNO2/c15-13-6-4-12(5-7-13)14(17-10-11-18-14)16-8-2-1-3-9-16/h4-7H,1-3,8-11H2. The molecule has 0 unspecified atom stereocenters. The van der Waals surface area contributed by atoms with Gasteiger partial charge in [0.25, 0.3) is 5.91 Å². The van der Waals surface area contributed by atoms with Crippen molar-refractivity contribution in [3.8, 4) is 0 Å². The van der Waals surface area contributed by atoms with Gasteiger partial charge in [-0.3, -0.25) is 0 Å². The van der Waals surface area contributed by atoms with Gasteiger partial charge in [-0.25, -0.2) is 4.90 Å². The minimum atomic E-state index is -0.638. The largest absolute Gasteiger partial charge is 0.331 e. The highest BCUT2D eigenvalue weighted by molar-refractivity contribution is 9.10. The van der Waals surface area contributed by atoms with Crippen LogP contribution in [0.4, 0.5) is 0 Å². The molecular weight excluding hydrogens is 294 g/mol. The molecule has 1 aromatic carbocycles. The monoisotopic (exact) mass is 311 g/mol. The third kappa shape index (κ3) is 2.23. The fourth-order valence-electron chi connectivity index (χ4n) is 2.78. The van der Waals surface area contributed by atoms with Gasteiger partial charge in [0.2, 0.25) is 0 Å². The lowest BCUT2D eigenvalue weighted by atomic mass is 10.1. The van der Waals surface area contributed by atoms with Crippen LogP contribution in [0.15, 0.2) is 28.7 Å². The molecule has 0 spiro atoms. The number of ether oxygens (including phenoxy) is 2. The first-order chi connectivity index (χ1) is 8.81. The van der Waals surface area contributed by atoms with Crippen LogP contribution >= 0.6 is 15.9 Å².